The second kappa shape index (κ2) is 4.55. The van der Waals surface area contributed by atoms with Gasteiger partial charge in [0.1, 0.15) is 11.4 Å². The molecule has 0 bridgehead atoms. The number of anilines is 1. The van der Waals surface area contributed by atoms with Gasteiger partial charge in [-0.2, -0.15) is 0 Å². The van der Waals surface area contributed by atoms with E-state index in [1.165, 1.54) is 0 Å². The molecular weight excluding hydrogens is 192 g/mol. The maximum Gasteiger partial charge on any atom is 0.162 e. The number of nitrogens with zero attached hydrogens (tertiary/aromatic N) is 2. The summed E-state index contributed by atoms with van der Waals surface area (Å²) in [6.45, 7) is 5.87. The van der Waals surface area contributed by atoms with E-state index in [4.69, 9.17) is 10.6 Å². The molecule has 0 spiro atoms. The maximum absolute atomic E-state index is 5.35. The molecule has 0 radical (unpaired) electrons. The van der Waals surface area contributed by atoms with Crippen LogP contribution in [0.4, 0.5) is 5.82 Å². The molecule has 5 heteroatoms. The van der Waals surface area contributed by atoms with Crippen LogP contribution in [0.3, 0.4) is 0 Å². The van der Waals surface area contributed by atoms with Crippen LogP contribution in [0, 0.1) is 0 Å². The van der Waals surface area contributed by atoms with Crippen LogP contribution in [0.5, 0.6) is 0 Å². The highest BCUT2D eigenvalue weighted by atomic mass is 16.5. The Morgan fingerprint density at radius 2 is 2.13 bits per heavy atom. The van der Waals surface area contributed by atoms with Gasteiger partial charge < -0.3 is 10.2 Å². The zero-order chi connectivity index (χ0) is 11.5. The largest absolute Gasteiger partial charge is 0.371 e. The van der Waals surface area contributed by atoms with Crippen molar-refractivity contribution < 1.29 is 4.74 Å². The summed E-state index contributed by atoms with van der Waals surface area (Å²) in [5.41, 5.74) is 2.97. The number of aryl methyl sites for hydroxylation is 1. The fraction of sp³-hybridized carbons (Fsp3) is 0.600. The fourth-order valence-corrected chi connectivity index (χ4v) is 1.11. The predicted molar refractivity (Wildman–Crippen MR) is 59.3 cm³/mol. The van der Waals surface area contributed by atoms with Crippen LogP contribution in [0.1, 0.15) is 32.3 Å². The zero-order valence-corrected chi connectivity index (χ0v) is 9.66. The first-order valence-electron chi connectivity index (χ1n) is 4.93. The molecule has 15 heavy (non-hydrogen) atoms. The molecule has 0 aromatic carbocycles. The highest BCUT2D eigenvalue weighted by molar-refractivity contribution is 5.35. The van der Waals surface area contributed by atoms with Gasteiger partial charge in [-0.15, -0.1) is 0 Å². The molecule has 0 saturated heterocycles. The summed E-state index contributed by atoms with van der Waals surface area (Å²) in [4.78, 5) is 8.68. The van der Waals surface area contributed by atoms with Crippen molar-refractivity contribution in [2.45, 2.75) is 32.8 Å². The van der Waals surface area contributed by atoms with Gasteiger partial charge in [-0.1, -0.05) is 6.92 Å². The summed E-state index contributed by atoms with van der Waals surface area (Å²) in [5.74, 6) is 6.60. The minimum atomic E-state index is -0.503. The van der Waals surface area contributed by atoms with Crippen molar-refractivity contribution in [2.75, 3.05) is 12.5 Å². The fourth-order valence-electron chi connectivity index (χ4n) is 1.11. The van der Waals surface area contributed by atoms with E-state index in [0.717, 1.165) is 12.1 Å². The summed E-state index contributed by atoms with van der Waals surface area (Å²) >= 11 is 0. The number of hydrogen-bond donors (Lipinski definition) is 2. The van der Waals surface area contributed by atoms with Gasteiger partial charge in [0.2, 0.25) is 0 Å². The number of rotatable bonds is 4. The summed E-state index contributed by atoms with van der Waals surface area (Å²) in [5, 5.41) is 0. The van der Waals surface area contributed by atoms with Crippen LogP contribution in [-0.4, -0.2) is 17.1 Å². The minimum Gasteiger partial charge on any atom is -0.371 e. The molecule has 0 atom stereocenters. The Balaban J connectivity index is 3.18. The Bertz CT molecular complexity index is 316. The standard InChI is InChI=1S/C10H18N4O/c1-5-7-6-8(14-11)13-9(12-7)10(2,3)15-4/h6H,5,11H2,1-4H3,(H,12,13,14). The van der Waals surface area contributed by atoms with Gasteiger partial charge in [0, 0.05) is 18.9 Å². The highest BCUT2D eigenvalue weighted by Crippen LogP contribution is 2.21. The lowest BCUT2D eigenvalue weighted by Gasteiger charge is -2.22. The van der Waals surface area contributed by atoms with Crippen molar-refractivity contribution in [3.63, 3.8) is 0 Å². The van der Waals surface area contributed by atoms with Crippen molar-refractivity contribution in [3.8, 4) is 0 Å². The molecule has 0 aliphatic heterocycles. The quantitative estimate of drug-likeness (QED) is 0.577. The number of methoxy groups -OCH3 is 1. The van der Waals surface area contributed by atoms with E-state index in [-0.39, 0.29) is 0 Å². The predicted octanol–water partition coefficient (Wildman–Crippen LogP) is 1.21. The van der Waals surface area contributed by atoms with Crippen LogP contribution in [0.25, 0.3) is 0 Å². The van der Waals surface area contributed by atoms with Crippen LogP contribution < -0.4 is 11.3 Å². The molecule has 1 aromatic heterocycles. The summed E-state index contributed by atoms with van der Waals surface area (Å²) in [6.07, 6.45) is 0.837. The molecule has 0 saturated carbocycles. The monoisotopic (exact) mass is 210 g/mol. The highest BCUT2D eigenvalue weighted by Gasteiger charge is 2.24. The number of hydrazine groups is 1. The van der Waals surface area contributed by atoms with E-state index in [0.29, 0.717) is 11.6 Å². The first-order chi connectivity index (χ1) is 7.03. The van der Waals surface area contributed by atoms with Gasteiger partial charge in [-0.3, -0.25) is 0 Å². The molecule has 0 aliphatic rings. The summed E-state index contributed by atoms with van der Waals surface area (Å²) in [7, 11) is 1.64. The van der Waals surface area contributed by atoms with Gasteiger partial charge in [0.05, 0.1) is 0 Å². The van der Waals surface area contributed by atoms with Crippen LogP contribution >= 0.6 is 0 Å². The Kier molecular flexibility index (Phi) is 3.60. The van der Waals surface area contributed by atoms with Gasteiger partial charge >= 0.3 is 0 Å². The number of nitrogens with one attached hydrogen (secondary N) is 1. The average Bonchev–Trinajstić information content (AvgIpc) is 2.28. The van der Waals surface area contributed by atoms with Gasteiger partial charge in [-0.25, -0.2) is 15.8 Å². The van der Waals surface area contributed by atoms with E-state index in [1.54, 1.807) is 7.11 Å². The number of nitrogen functional groups attached to an aromatic ring is 1. The molecule has 1 heterocycles. The zero-order valence-electron chi connectivity index (χ0n) is 9.66. The topological polar surface area (TPSA) is 73.1 Å². The molecule has 5 nitrogen and oxygen atoms in total. The smallest absolute Gasteiger partial charge is 0.162 e. The molecule has 3 N–H and O–H groups in total. The van der Waals surface area contributed by atoms with Crippen molar-refractivity contribution >= 4 is 5.82 Å². The molecule has 0 unspecified atom stereocenters. The van der Waals surface area contributed by atoms with Crippen LogP contribution in [0.2, 0.25) is 0 Å². The number of ether oxygens (including phenoxy) is 1. The lowest BCUT2D eigenvalue weighted by molar-refractivity contribution is 0.0114. The first-order valence-corrected chi connectivity index (χ1v) is 4.93. The number of hydrogen-bond acceptors (Lipinski definition) is 5. The lowest BCUT2D eigenvalue weighted by Crippen LogP contribution is -2.24. The molecule has 84 valence electrons. The maximum atomic E-state index is 5.35. The number of aromatic nitrogens is 2. The SMILES string of the molecule is CCc1cc(NN)nc(C(C)(C)OC)n1. The van der Waals surface area contributed by atoms with Crippen LogP contribution in [-0.2, 0) is 16.8 Å². The van der Waals surface area contributed by atoms with E-state index in [1.807, 2.05) is 26.8 Å². The molecule has 0 aliphatic carbocycles. The van der Waals surface area contributed by atoms with Gasteiger partial charge in [-0.05, 0) is 20.3 Å². The second-order valence-electron chi connectivity index (χ2n) is 3.78. The normalized spacial score (nSPS) is 11.5. The van der Waals surface area contributed by atoms with Crippen molar-refractivity contribution in [3.05, 3.63) is 17.6 Å². The molecule has 1 aromatic rings. The Morgan fingerprint density at radius 3 is 2.60 bits per heavy atom. The molecule has 0 amide bonds. The van der Waals surface area contributed by atoms with Crippen molar-refractivity contribution in [1.82, 2.24) is 9.97 Å². The van der Waals surface area contributed by atoms with Crippen molar-refractivity contribution in [2.24, 2.45) is 5.84 Å². The number of nitrogens with two attached hydrogens (primary N) is 1. The van der Waals surface area contributed by atoms with Gasteiger partial charge in [0.25, 0.3) is 0 Å². The third kappa shape index (κ3) is 2.64. The average molecular weight is 210 g/mol. The summed E-state index contributed by atoms with van der Waals surface area (Å²) in [6, 6.07) is 1.83. The third-order valence-electron chi connectivity index (χ3n) is 2.34. The second-order valence-corrected chi connectivity index (χ2v) is 3.78. The molecule has 1 rings (SSSR count). The Labute approximate surface area is 90.0 Å². The van der Waals surface area contributed by atoms with Crippen LogP contribution in [0.15, 0.2) is 6.07 Å². The van der Waals surface area contributed by atoms with E-state index < -0.39 is 5.60 Å². The molecule has 0 fully saturated rings. The van der Waals surface area contributed by atoms with Crippen molar-refractivity contribution in [1.29, 1.82) is 0 Å². The first kappa shape index (κ1) is 11.9. The molecular formula is C10H18N4O. The van der Waals surface area contributed by atoms with E-state index in [2.05, 4.69) is 15.4 Å². The summed E-state index contributed by atoms with van der Waals surface area (Å²) < 4.78 is 5.33. The Hall–Kier alpha value is -1.20. The van der Waals surface area contributed by atoms with E-state index >= 15 is 0 Å². The lowest BCUT2D eigenvalue weighted by atomic mass is 10.1. The minimum absolute atomic E-state index is 0.503. The van der Waals surface area contributed by atoms with E-state index in [9.17, 15) is 0 Å². The third-order valence-corrected chi connectivity index (χ3v) is 2.34. The van der Waals surface area contributed by atoms with Gasteiger partial charge in [0.15, 0.2) is 5.82 Å². The Morgan fingerprint density at radius 1 is 1.47 bits per heavy atom.